The lowest BCUT2D eigenvalue weighted by atomic mass is 10.4. The molecule has 0 saturated heterocycles. The first-order valence-electron chi connectivity index (χ1n) is 5.17. The second-order valence-corrected chi connectivity index (χ2v) is 4.88. The maximum absolute atomic E-state index is 4.26. The zero-order valence-corrected chi connectivity index (χ0v) is 9.39. The molecule has 0 atom stereocenters. The van der Waals surface area contributed by atoms with Gasteiger partial charge in [-0.25, -0.2) is 4.98 Å². The third-order valence-corrected chi connectivity index (χ3v) is 3.48. The standard InChI is InChI=1S/C10H17N3S/c1-13-6-4-12-10(13)14-7-5-11-8-9-2-3-9/h4,6,9,11H,2-3,5,7-8H2,1H3. The van der Waals surface area contributed by atoms with Crippen LogP contribution in [0.5, 0.6) is 0 Å². The summed E-state index contributed by atoms with van der Waals surface area (Å²) in [7, 11) is 2.03. The van der Waals surface area contributed by atoms with Crippen molar-refractivity contribution in [1.82, 2.24) is 14.9 Å². The second kappa shape index (κ2) is 4.84. The van der Waals surface area contributed by atoms with Crippen LogP contribution in [0, 0.1) is 5.92 Å². The van der Waals surface area contributed by atoms with E-state index in [-0.39, 0.29) is 0 Å². The summed E-state index contributed by atoms with van der Waals surface area (Å²) >= 11 is 1.82. The Kier molecular flexibility index (Phi) is 3.48. The van der Waals surface area contributed by atoms with Crippen LogP contribution >= 0.6 is 11.8 Å². The molecule has 0 bridgehead atoms. The summed E-state index contributed by atoms with van der Waals surface area (Å²) in [6.45, 7) is 2.30. The van der Waals surface area contributed by atoms with E-state index in [0.717, 1.165) is 23.4 Å². The van der Waals surface area contributed by atoms with Crippen molar-refractivity contribution in [2.75, 3.05) is 18.8 Å². The zero-order valence-electron chi connectivity index (χ0n) is 8.57. The first-order chi connectivity index (χ1) is 6.86. The van der Waals surface area contributed by atoms with Crippen molar-refractivity contribution in [3.63, 3.8) is 0 Å². The van der Waals surface area contributed by atoms with Gasteiger partial charge in [-0.15, -0.1) is 0 Å². The fourth-order valence-electron chi connectivity index (χ4n) is 1.33. The Bertz CT molecular complexity index is 281. The van der Waals surface area contributed by atoms with E-state index in [0.29, 0.717) is 0 Å². The molecule has 14 heavy (non-hydrogen) atoms. The Morgan fingerprint density at radius 1 is 1.64 bits per heavy atom. The molecule has 0 aromatic carbocycles. The molecule has 0 amide bonds. The van der Waals surface area contributed by atoms with Gasteiger partial charge in [0.05, 0.1) is 0 Å². The molecular formula is C10H17N3S. The van der Waals surface area contributed by atoms with Gasteiger partial charge in [-0.05, 0) is 25.3 Å². The molecular weight excluding hydrogens is 194 g/mol. The SMILES string of the molecule is Cn1ccnc1SCCNCC1CC1. The summed E-state index contributed by atoms with van der Waals surface area (Å²) in [5, 5.41) is 4.58. The number of aromatic nitrogens is 2. The lowest BCUT2D eigenvalue weighted by molar-refractivity contribution is 0.665. The number of imidazole rings is 1. The van der Waals surface area contributed by atoms with E-state index in [1.807, 2.05) is 31.2 Å². The summed E-state index contributed by atoms with van der Waals surface area (Å²) in [5.41, 5.74) is 0. The van der Waals surface area contributed by atoms with Crippen LogP contribution in [0.25, 0.3) is 0 Å². The van der Waals surface area contributed by atoms with E-state index in [2.05, 4.69) is 14.9 Å². The third-order valence-electron chi connectivity index (χ3n) is 2.42. The normalized spacial score (nSPS) is 16.1. The van der Waals surface area contributed by atoms with Crippen molar-refractivity contribution in [3.05, 3.63) is 12.4 Å². The molecule has 1 saturated carbocycles. The van der Waals surface area contributed by atoms with Crippen molar-refractivity contribution in [2.45, 2.75) is 18.0 Å². The van der Waals surface area contributed by atoms with Crippen molar-refractivity contribution in [2.24, 2.45) is 13.0 Å². The quantitative estimate of drug-likeness (QED) is 0.571. The van der Waals surface area contributed by atoms with E-state index in [9.17, 15) is 0 Å². The first kappa shape index (κ1) is 10.1. The molecule has 1 aliphatic rings. The van der Waals surface area contributed by atoms with Crippen LogP contribution in [0.4, 0.5) is 0 Å². The van der Waals surface area contributed by atoms with Crippen LogP contribution in [0.15, 0.2) is 17.6 Å². The Morgan fingerprint density at radius 2 is 2.50 bits per heavy atom. The van der Waals surface area contributed by atoms with E-state index < -0.39 is 0 Å². The summed E-state index contributed by atoms with van der Waals surface area (Å²) in [6.07, 6.45) is 6.69. The molecule has 1 aromatic heterocycles. The molecule has 0 unspecified atom stereocenters. The second-order valence-electron chi connectivity index (χ2n) is 3.82. The van der Waals surface area contributed by atoms with Crippen LogP contribution in [-0.2, 0) is 7.05 Å². The smallest absolute Gasteiger partial charge is 0.167 e. The minimum atomic E-state index is 0.980. The van der Waals surface area contributed by atoms with E-state index >= 15 is 0 Å². The highest BCUT2D eigenvalue weighted by Crippen LogP contribution is 2.27. The van der Waals surface area contributed by atoms with Crippen LogP contribution in [-0.4, -0.2) is 28.4 Å². The number of rotatable bonds is 6. The molecule has 0 radical (unpaired) electrons. The van der Waals surface area contributed by atoms with Crippen molar-refractivity contribution in [3.8, 4) is 0 Å². The molecule has 2 rings (SSSR count). The number of nitrogens with one attached hydrogen (secondary N) is 1. The van der Waals surface area contributed by atoms with Gasteiger partial charge in [0.2, 0.25) is 0 Å². The Morgan fingerprint density at radius 3 is 3.14 bits per heavy atom. The molecule has 0 spiro atoms. The highest BCUT2D eigenvalue weighted by Gasteiger charge is 2.19. The van der Waals surface area contributed by atoms with Crippen molar-refractivity contribution < 1.29 is 0 Å². The Hall–Kier alpha value is -0.480. The first-order valence-corrected chi connectivity index (χ1v) is 6.15. The number of nitrogens with zero attached hydrogens (tertiary/aromatic N) is 2. The number of thioether (sulfide) groups is 1. The predicted molar refractivity (Wildman–Crippen MR) is 59.5 cm³/mol. The third kappa shape index (κ3) is 3.03. The maximum atomic E-state index is 4.26. The van der Waals surface area contributed by atoms with Gasteiger partial charge in [0.1, 0.15) is 0 Å². The topological polar surface area (TPSA) is 29.9 Å². The number of hydrogen-bond acceptors (Lipinski definition) is 3. The minimum absolute atomic E-state index is 0.980. The van der Waals surface area contributed by atoms with Crippen LogP contribution in [0.2, 0.25) is 0 Å². The molecule has 4 heteroatoms. The van der Waals surface area contributed by atoms with Crippen LogP contribution < -0.4 is 5.32 Å². The van der Waals surface area contributed by atoms with Gasteiger partial charge in [0.15, 0.2) is 5.16 Å². The molecule has 1 aliphatic carbocycles. The average Bonchev–Trinajstić information content (AvgIpc) is 2.91. The van der Waals surface area contributed by atoms with Crippen molar-refractivity contribution in [1.29, 1.82) is 0 Å². The molecule has 1 aromatic rings. The van der Waals surface area contributed by atoms with E-state index in [1.54, 1.807) is 0 Å². The predicted octanol–water partition coefficient (Wildman–Crippen LogP) is 1.51. The Balaban J connectivity index is 1.56. The fraction of sp³-hybridized carbons (Fsp3) is 0.700. The maximum Gasteiger partial charge on any atom is 0.167 e. The summed E-state index contributed by atoms with van der Waals surface area (Å²) < 4.78 is 2.06. The molecule has 1 N–H and O–H groups in total. The van der Waals surface area contributed by atoms with E-state index in [4.69, 9.17) is 0 Å². The largest absolute Gasteiger partial charge is 0.329 e. The summed E-state index contributed by atoms with van der Waals surface area (Å²) in [5.74, 6) is 2.09. The Labute approximate surface area is 89.3 Å². The summed E-state index contributed by atoms with van der Waals surface area (Å²) in [4.78, 5) is 4.26. The summed E-state index contributed by atoms with van der Waals surface area (Å²) in [6, 6.07) is 0. The van der Waals surface area contributed by atoms with Gasteiger partial charge >= 0.3 is 0 Å². The van der Waals surface area contributed by atoms with E-state index in [1.165, 1.54) is 19.4 Å². The van der Waals surface area contributed by atoms with Crippen LogP contribution in [0.3, 0.4) is 0 Å². The molecule has 0 aliphatic heterocycles. The van der Waals surface area contributed by atoms with Crippen LogP contribution in [0.1, 0.15) is 12.8 Å². The van der Waals surface area contributed by atoms with Gasteiger partial charge < -0.3 is 9.88 Å². The zero-order chi connectivity index (χ0) is 9.80. The van der Waals surface area contributed by atoms with Crippen molar-refractivity contribution >= 4 is 11.8 Å². The lowest BCUT2D eigenvalue weighted by Crippen LogP contribution is -2.19. The molecule has 78 valence electrons. The highest BCUT2D eigenvalue weighted by atomic mass is 32.2. The monoisotopic (exact) mass is 211 g/mol. The number of hydrogen-bond donors (Lipinski definition) is 1. The van der Waals surface area contributed by atoms with Gasteiger partial charge in [-0.3, -0.25) is 0 Å². The van der Waals surface area contributed by atoms with Gasteiger partial charge in [-0.2, -0.15) is 0 Å². The molecule has 1 heterocycles. The van der Waals surface area contributed by atoms with Gasteiger partial charge in [0.25, 0.3) is 0 Å². The fourth-order valence-corrected chi connectivity index (χ4v) is 2.16. The van der Waals surface area contributed by atoms with Gasteiger partial charge in [-0.1, -0.05) is 11.8 Å². The minimum Gasteiger partial charge on any atom is -0.329 e. The highest BCUT2D eigenvalue weighted by molar-refractivity contribution is 7.99. The number of aryl methyl sites for hydroxylation is 1. The molecule has 1 fully saturated rings. The molecule has 3 nitrogen and oxygen atoms in total. The lowest BCUT2D eigenvalue weighted by Gasteiger charge is -2.03. The van der Waals surface area contributed by atoms with Gasteiger partial charge in [0, 0.05) is 31.7 Å². The average molecular weight is 211 g/mol.